The highest BCUT2D eigenvalue weighted by atomic mass is 16.2. The zero-order chi connectivity index (χ0) is 12.0. The molecule has 4 heteroatoms. The zero-order valence-corrected chi connectivity index (χ0v) is 9.89. The van der Waals surface area contributed by atoms with E-state index in [-0.39, 0.29) is 5.91 Å². The van der Waals surface area contributed by atoms with Crippen molar-refractivity contribution in [1.29, 1.82) is 0 Å². The molecule has 0 spiro atoms. The Morgan fingerprint density at radius 2 is 2.12 bits per heavy atom. The fraction of sp³-hybridized carbons (Fsp3) is 0.500. The maximum absolute atomic E-state index is 11.8. The van der Waals surface area contributed by atoms with Gasteiger partial charge in [0.1, 0.15) is 0 Å². The maximum atomic E-state index is 11.8. The molecule has 0 aliphatic heterocycles. The van der Waals surface area contributed by atoms with E-state index in [9.17, 15) is 4.79 Å². The number of pyridine rings is 1. The normalized spacial score (nSPS) is 12.2. The molecular weight excluding hydrogens is 202 g/mol. The van der Waals surface area contributed by atoms with Crippen LogP contribution < -0.4 is 10.6 Å². The topological polar surface area (TPSA) is 59.2 Å². The van der Waals surface area contributed by atoms with E-state index in [1.165, 1.54) is 0 Å². The van der Waals surface area contributed by atoms with Crippen LogP contribution in [0.1, 0.15) is 19.8 Å². The molecule has 0 aliphatic rings. The third-order valence-electron chi connectivity index (χ3n) is 2.68. The number of hydrogen-bond acceptors (Lipinski definition) is 3. The number of hydrogen-bond donors (Lipinski definition) is 1. The van der Waals surface area contributed by atoms with E-state index in [4.69, 9.17) is 5.73 Å². The van der Waals surface area contributed by atoms with Crippen LogP contribution in [0.15, 0.2) is 24.5 Å². The van der Waals surface area contributed by atoms with E-state index in [2.05, 4.69) is 11.9 Å². The fourth-order valence-electron chi connectivity index (χ4n) is 1.37. The number of rotatable bonds is 5. The smallest absolute Gasteiger partial charge is 0.226 e. The Balaban J connectivity index is 2.49. The lowest BCUT2D eigenvalue weighted by Crippen LogP contribution is -2.26. The molecule has 1 unspecified atom stereocenters. The Labute approximate surface area is 96.5 Å². The van der Waals surface area contributed by atoms with Gasteiger partial charge in [0, 0.05) is 31.5 Å². The van der Waals surface area contributed by atoms with E-state index in [1.807, 2.05) is 12.1 Å². The maximum Gasteiger partial charge on any atom is 0.226 e. The van der Waals surface area contributed by atoms with Gasteiger partial charge in [-0.1, -0.05) is 6.92 Å². The van der Waals surface area contributed by atoms with Gasteiger partial charge in [-0.2, -0.15) is 0 Å². The van der Waals surface area contributed by atoms with Crippen molar-refractivity contribution in [2.24, 2.45) is 11.7 Å². The largest absolute Gasteiger partial charge is 0.330 e. The van der Waals surface area contributed by atoms with Gasteiger partial charge in [-0.25, -0.2) is 0 Å². The summed E-state index contributed by atoms with van der Waals surface area (Å²) in [5.41, 5.74) is 6.39. The predicted octanol–water partition coefficient (Wildman–Crippen LogP) is 1.42. The van der Waals surface area contributed by atoms with Crippen LogP contribution in [0.25, 0.3) is 0 Å². The average Bonchev–Trinajstić information content (AvgIpc) is 2.35. The summed E-state index contributed by atoms with van der Waals surface area (Å²) in [6.45, 7) is 2.69. The summed E-state index contributed by atoms with van der Waals surface area (Å²) in [6, 6.07) is 3.65. The van der Waals surface area contributed by atoms with E-state index in [1.54, 1.807) is 24.3 Å². The van der Waals surface area contributed by atoms with Gasteiger partial charge in [0.15, 0.2) is 0 Å². The number of carbonyl (C=O) groups excluding carboxylic acids is 1. The second-order valence-corrected chi connectivity index (χ2v) is 4.04. The van der Waals surface area contributed by atoms with Gasteiger partial charge < -0.3 is 10.6 Å². The summed E-state index contributed by atoms with van der Waals surface area (Å²) in [5.74, 6) is 0.515. The summed E-state index contributed by atoms with van der Waals surface area (Å²) >= 11 is 0. The molecule has 1 atom stereocenters. The highest BCUT2D eigenvalue weighted by molar-refractivity contribution is 5.92. The molecule has 2 N–H and O–H groups in total. The highest BCUT2D eigenvalue weighted by Gasteiger charge is 2.11. The van der Waals surface area contributed by atoms with Crippen molar-refractivity contribution in [2.75, 3.05) is 18.5 Å². The van der Waals surface area contributed by atoms with Crippen molar-refractivity contribution in [2.45, 2.75) is 19.8 Å². The number of aromatic nitrogens is 1. The molecule has 0 bridgehead atoms. The number of nitrogens with zero attached hydrogens (tertiary/aromatic N) is 2. The summed E-state index contributed by atoms with van der Waals surface area (Å²) in [6.07, 6.45) is 4.74. The van der Waals surface area contributed by atoms with E-state index in [0.717, 1.165) is 12.1 Å². The molecule has 0 saturated heterocycles. The molecule has 16 heavy (non-hydrogen) atoms. The predicted molar refractivity (Wildman–Crippen MR) is 65.1 cm³/mol. The van der Waals surface area contributed by atoms with Crippen LogP contribution in [0.5, 0.6) is 0 Å². The third kappa shape index (κ3) is 3.62. The van der Waals surface area contributed by atoms with Crippen LogP contribution in [0, 0.1) is 5.92 Å². The Kier molecular flexibility index (Phi) is 4.92. The summed E-state index contributed by atoms with van der Waals surface area (Å²) < 4.78 is 0. The second kappa shape index (κ2) is 6.23. The average molecular weight is 221 g/mol. The molecule has 0 aliphatic carbocycles. The molecule has 88 valence electrons. The number of carbonyl (C=O) groups is 1. The van der Waals surface area contributed by atoms with Crippen LogP contribution in [0.4, 0.5) is 5.69 Å². The minimum absolute atomic E-state index is 0.117. The molecule has 1 rings (SSSR count). The molecule has 0 saturated carbocycles. The van der Waals surface area contributed by atoms with Gasteiger partial charge in [0.25, 0.3) is 0 Å². The Hall–Kier alpha value is -1.42. The Morgan fingerprint density at radius 1 is 1.50 bits per heavy atom. The van der Waals surface area contributed by atoms with Crippen molar-refractivity contribution < 1.29 is 4.79 Å². The monoisotopic (exact) mass is 221 g/mol. The molecule has 1 amide bonds. The van der Waals surface area contributed by atoms with E-state index >= 15 is 0 Å². The lowest BCUT2D eigenvalue weighted by molar-refractivity contribution is -0.118. The van der Waals surface area contributed by atoms with Crippen LogP contribution in [0.2, 0.25) is 0 Å². The lowest BCUT2D eigenvalue weighted by Gasteiger charge is -2.17. The fourth-order valence-corrected chi connectivity index (χ4v) is 1.37. The Bertz CT molecular complexity index is 326. The first-order chi connectivity index (χ1) is 7.65. The number of anilines is 1. The van der Waals surface area contributed by atoms with Crippen molar-refractivity contribution >= 4 is 11.6 Å². The summed E-state index contributed by atoms with van der Waals surface area (Å²) in [4.78, 5) is 17.4. The van der Waals surface area contributed by atoms with Crippen molar-refractivity contribution in [3.8, 4) is 0 Å². The summed E-state index contributed by atoms with van der Waals surface area (Å²) in [5, 5.41) is 0. The lowest BCUT2D eigenvalue weighted by atomic mass is 10.1. The minimum Gasteiger partial charge on any atom is -0.330 e. The van der Waals surface area contributed by atoms with Crippen LogP contribution in [0.3, 0.4) is 0 Å². The first kappa shape index (κ1) is 12.6. The van der Waals surface area contributed by atoms with Gasteiger partial charge in [-0.3, -0.25) is 9.78 Å². The van der Waals surface area contributed by atoms with Gasteiger partial charge in [-0.15, -0.1) is 0 Å². The summed E-state index contributed by atoms with van der Waals surface area (Å²) in [7, 11) is 1.78. The van der Waals surface area contributed by atoms with E-state index in [0.29, 0.717) is 18.9 Å². The molecule has 1 heterocycles. The highest BCUT2D eigenvalue weighted by Crippen LogP contribution is 2.13. The molecule has 1 aromatic heterocycles. The first-order valence-electron chi connectivity index (χ1n) is 5.51. The number of amides is 1. The quantitative estimate of drug-likeness (QED) is 0.818. The van der Waals surface area contributed by atoms with Crippen LogP contribution in [-0.4, -0.2) is 24.5 Å². The second-order valence-electron chi connectivity index (χ2n) is 4.04. The van der Waals surface area contributed by atoms with Gasteiger partial charge >= 0.3 is 0 Å². The molecule has 0 aromatic carbocycles. The standard InChI is InChI=1S/C12H19N3O/c1-10(9-13)3-4-12(16)15(2)11-5-7-14-8-6-11/h5-8,10H,3-4,9,13H2,1-2H3. The van der Waals surface area contributed by atoms with Gasteiger partial charge in [-0.05, 0) is 31.0 Å². The van der Waals surface area contributed by atoms with Crippen molar-refractivity contribution in [1.82, 2.24) is 4.98 Å². The third-order valence-corrected chi connectivity index (χ3v) is 2.68. The van der Waals surface area contributed by atoms with Crippen LogP contribution >= 0.6 is 0 Å². The molecule has 0 radical (unpaired) electrons. The SMILES string of the molecule is CC(CN)CCC(=O)N(C)c1ccncc1. The number of nitrogens with two attached hydrogens (primary N) is 1. The van der Waals surface area contributed by atoms with Crippen molar-refractivity contribution in [3.05, 3.63) is 24.5 Å². The Morgan fingerprint density at radius 3 is 2.69 bits per heavy atom. The molecule has 1 aromatic rings. The zero-order valence-electron chi connectivity index (χ0n) is 9.89. The van der Waals surface area contributed by atoms with E-state index < -0.39 is 0 Å². The molecular formula is C12H19N3O. The van der Waals surface area contributed by atoms with Gasteiger partial charge in [0.05, 0.1) is 0 Å². The van der Waals surface area contributed by atoms with Gasteiger partial charge in [0.2, 0.25) is 5.91 Å². The van der Waals surface area contributed by atoms with Crippen molar-refractivity contribution in [3.63, 3.8) is 0 Å². The first-order valence-corrected chi connectivity index (χ1v) is 5.51. The minimum atomic E-state index is 0.117. The molecule has 0 fully saturated rings. The molecule has 4 nitrogen and oxygen atoms in total. The van der Waals surface area contributed by atoms with Crippen LogP contribution in [-0.2, 0) is 4.79 Å².